The van der Waals surface area contributed by atoms with Gasteiger partial charge >= 0.3 is 0 Å². The van der Waals surface area contributed by atoms with Gasteiger partial charge in [-0.1, -0.05) is 18.2 Å². The van der Waals surface area contributed by atoms with Gasteiger partial charge in [0.1, 0.15) is 11.5 Å². The molecule has 0 atom stereocenters. The van der Waals surface area contributed by atoms with E-state index >= 15 is 0 Å². The van der Waals surface area contributed by atoms with Crippen molar-refractivity contribution in [2.75, 3.05) is 14.1 Å². The lowest BCUT2D eigenvalue weighted by Crippen LogP contribution is -2.07. The van der Waals surface area contributed by atoms with E-state index < -0.39 is 0 Å². The minimum atomic E-state index is 0.368. The summed E-state index contributed by atoms with van der Waals surface area (Å²) in [6.07, 6.45) is 3.37. The summed E-state index contributed by atoms with van der Waals surface area (Å²) in [5.41, 5.74) is 1.86. The van der Waals surface area contributed by atoms with Gasteiger partial charge in [-0.2, -0.15) is 9.50 Å². The number of rotatable bonds is 5. The number of nitrogens with zero attached hydrogens (tertiary/aromatic N) is 6. The van der Waals surface area contributed by atoms with Crippen LogP contribution in [0.1, 0.15) is 0 Å². The van der Waals surface area contributed by atoms with Gasteiger partial charge in [0.25, 0.3) is 11.7 Å². The van der Waals surface area contributed by atoms with Crippen molar-refractivity contribution >= 4 is 18.1 Å². The van der Waals surface area contributed by atoms with Crippen LogP contribution in [0.15, 0.2) is 71.9 Å². The van der Waals surface area contributed by atoms with Crippen LogP contribution >= 0.6 is 0 Å². The fourth-order valence-corrected chi connectivity index (χ4v) is 2.54. The van der Waals surface area contributed by atoms with E-state index in [2.05, 4.69) is 20.1 Å². The maximum atomic E-state index is 5.84. The number of aliphatic imine (C=N–C) groups is 1. The van der Waals surface area contributed by atoms with Crippen LogP contribution in [0.5, 0.6) is 11.5 Å². The zero-order valence-corrected chi connectivity index (χ0v) is 15.0. The van der Waals surface area contributed by atoms with Crippen LogP contribution in [-0.2, 0) is 0 Å². The Hall–Kier alpha value is -3.74. The molecule has 0 aliphatic rings. The van der Waals surface area contributed by atoms with Gasteiger partial charge in [0.15, 0.2) is 0 Å². The van der Waals surface area contributed by atoms with E-state index in [1.54, 1.807) is 17.1 Å². The van der Waals surface area contributed by atoms with Crippen molar-refractivity contribution in [1.29, 1.82) is 0 Å². The van der Waals surface area contributed by atoms with Crippen molar-refractivity contribution in [3.63, 3.8) is 0 Å². The Morgan fingerprint density at radius 3 is 2.44 bits per heavy atom. The number of benzene rings is 2. The molecule has 2 heterocycles. The monoisotopic (exact) mass is 358 g/mol. The van der Waals surface area contributed by atoms with Crippen LogP contribution in [-0.4, -0.2) is 44.9 Å². The van der Waals surface area contributed by atoms with Gasteiger partial charge in [0.05, 0.1) is 12.0 Å². The van der Waals surface area contributed by atoms with Crippen molar-refractivity contribution < 1.29 is 4.74 Å². The van der Waals surface area contributed by atoms with Crippen LogP contribution in [0.3, 0.4) is 0 Å². The van der Waals surface area contributed by atoms with E-state index in [9.17, 15) is 0 Å². The van der Waals surface area contributed by atoms with Crippen molar-refractivity contribution in [3.8, 4) is 22.8 Å². The molecular weight excluding hydrogens is 340 g/mol. The standard InChI is InChI=1S/C20H18N6O/c1-25(2)14-22-19-23-20-21-13-12-18(26(20)24-19)15-8-10-17(11-9-15)27-16-6-4-3-5-7-16/h3-14H,1-2H3/b22-14+. The zero-order valence-electron chi connectivity index (χ0n) is 15.0. The largest absolute Gasteiger partial charge is 0.457 e. The van der Waals surface area contributed by atoms with Crippen molar-refractivity contribution in [2.24, 2.45) is 4.99 Å². The highest BCUT2D eigenvalue weighted by Gasteiger charge is 2.09. The van der Waals surface area contributed by atoms with Crippen molar-refractivity contribution in [2.45, 2.75) is 0 Å². The molecule has 0 amide bonds. The molecule has 4 rings (SSSR count). The third-order valence-electron chi connectivity index (χ3n) is 3.76. The van der Waals surface area contributed by atoms with Gasteiger partial charge in [-0.25, -0.2) is 9.98 Å². The molecule has 7 nitrogen and oxygen atoms in total. The first kappa shape index (κ1) is 16.7. The molecule has 4 aromatic rings. The maximum Gasteiger partial charge on any atom is 0.272 e. The van der Waals surface area contributed by atoms with Gasteiger partial charge in [0, 0.05) is 25.9 Å². The topological polar surface area (TPSA) is 67.9 Å². The molecule has 0 aliphatic heterocycles. The highest BCUT2D eigenvalue weighted by molar-refractivity contribution is 5.63. The third-order valence-corrected chi connectivity index (χ3v) is 3.76. The molecule has 2 aromatic heterocycles. The van der Waals surface area contributed by atoms with E-state index in [-0.39, 0.29) is 0 Å². The Morgan fingerprint density at radius 2 is 1.70 bits per heavy atom. The van der Waals surface area contributed by atoms with Crippen LogP contribution < -0.4 is 4.74 Å². The van der Waals surface area contributed by atoms with Crippen LogP contribution in [0.2, 0.25) is 0 Å². The number of fused-ring (bicyclic) bond motifs is 1. The molecule has 0 saturated heterocycles. The third kappa shape index (κ3) is 3.77. The Bertz CT molecular complexity index is 1070. The second kappa shape index (κ2) is 7.25. The number of hydrogen-bond acceptors (Lipinski definition) is 5. The van der Waals surface area contributed by atoms with Gasteiger partial charge in [-0.3, -0.25) is 0 Å². The molecule has 134 valence electrons. The summed E-state index contributed by atoms with van der Waals surface area (Å²) in [4.78, 5) is 14.7. The van der Waals surface area contributed by atoms with E-state index in [4.69, 9.17) is 4.74 Å². The van der Waals surface area contributed by atoms with Crippen molar-refractivity contribution in [1.82, 2.24) is 24.5 Å². The number of para-hydroxylation sites is 1. The molecule has 0 bridgehead atoms. The Morgan fingerprint density at radius 1 is 0.963 bits per heavy atom. The normalized spacial score (nSPS) is 11.2. The number of ether oxygens (including phenoxy) is 1. The summed E-state index contributed by atoms with van der Waals surface area (Å²) < 4.78 is 7.53. The molecule has 0 N–H and O–H groups in total. The summed E-state index contributed by atoms with van der Waals surface area (Å²) in [5.74, 6) is 2.44. The molecule has 0 spiro atoms. The highest BCUT2D eigenvalue weighted by atomic mass is 16.5. The van der Waals surface area contributed by atoms with Gasteiger partial charge in [-0.15, -0.1) is 5.10 Å². The Labute approximate surface area is 156 Å². The second-order valence-corrected chi connectivity index (χ2v) is 6.10. The molecule has 0 fully saturated rings. The minimum absolute atomic E-state index is 0.368. The van der Waals surface area contributed by atoms with Crippen molar-refractivity contribution in [3.05, 3.63) is 66.9 Å². The number of hydrogen-bond donors (Lipinski definition) is 0. The summed E-state index contributed by atoms with van der Waals surface area (Å²) in [5, 5.41) is 4.44. The molecule has 27 heavy (non-hydrogen) atoms. The van der Waals surface area contributed by atoms with Gasteiger partial charge in [0.2, 0.25) is 0 Å². The SMILES string of the molecule is CN(C)/C=N/c1nc2nccc(-c3ccc(Oc4ccccc4)cc3)n2n1. The van der Waals surface area contributed by atoms with E-state index in [1.807, 2.05) is 79.7 Å². The van der Waals surface area contributed by atoms with E-state index in [1.165, 1.54) is 0 Å². The molecule has 0 aliphatic carbocycles. The summed E-state index contributed by atoms with van der Waals surface area (Å²) in [7, 11) is 3.78. The lowest BCUT2D eigenvalue weighted by Gasteiger charge is -2.07. The molecule has 0 saturated carbocycles. The second-order valence-electron chi connectivity index (χ2n) is 6.10. The fraction of sp³-hybridized carbons (Fsp3) is 0.100. The van der Waals surface area contributed by atoms with Gasteiger partial charge < -0.3 is 9.64 Å². The lowest BCUT2D eigenvalue weighted by molar-refractivity contribution is 0.483. The predicted octanol–water partition coefficient (Wildman–Crippen LogP) is 3.81. The first-order chi connectivity index (χ1) is 13.2. The molecule has 2 aromatic carbocycles. The molecule has 0 unspecified atom stereocenters. The quantitative estimate of drug-likeness (QED) is 0.401. The smallest absolute Gasteiger partial charge is 0.272 e. The minimum Gasteiger partial charge on any atom is -0.457 e. The van der Waals surface area contributed by atoms with Crippen LogP contribution in [0.4, 0.5) is 5.95 Å². The predicted molar refractivity (Wildman–Crippen MR) is 105 cm³/mol. The summed E-state index contributed by atoms with van der Waals surface area (Å²) >= 11 is 0. The van der Waals surface area contributed by atoms with E-state index in [0.29, 0.717) is 11.7 Å². The molecular formula is C20H18N6O. The first-order valence-electron chi connectivity index (χ1n) is 8.45. The van der Waals surface area contributed by atoms with E-state index in [0.717, 1.165) is 22.8 Å². The molecule has 0 radical (unpaired) electrons. The Kier molecular flexibility index (Phi) is 4.49. The Balaban J connectivity index is 1.63. The van der Waals surface area contributed by atoms with Gasteiger partial charge in [-0.05, 0) is 42.5 Å². The zero-order chi connectivity index (χ0) is 18.6. The summed E-state index contributed by atoms with van der Waals surface area (Å²) in [6.45, 7) is 0. The van der Waals surface area contributed by atoms with Crippen LogP contribution in [0, 0.1) is 0 Å². The number of aromatic nitrogens is 4. The first-order valence-corrected chi connectivity index (χ1v) is 8.45. The summed E-state index contributed by atoms with van der Waals surface area (Å²) in [6, 6.07) is 19.4. The fourth-order valence-electron chi connectivity index (χ4n) is 2.54. The molecule has 7 heteroatoms. The van der Waals surface area contributed by atoms with Crippen LogP contribution in [0.25, 0.3) is 17.0 Å². The average Bonchev–Trinajstić information content (AvgIpc) is 3.11. The lowest BCUT2D eigenvalue weighted by atomic mass is 10.1. The maximum absolute atomic E-state index is 5.84. The average molecular weight is 358 g/mol. The highest BCUT2D eigenvalue weighted by Crippen LogP contribution is 2.26.